The zero-order chi connectivity index (χ0) is 17.7. The summed E-state index contributed by atoms with van der Waals surface area (Å²) in [5.74, 6) is 0. The van der Waals surface area contributed by atoms with Crippen LogP contribution in [0.4, 0.5) is 9.59 Å². The Bertz CT molecular complexity index is 407. The third kappa shape index (κ3) is 6.00. The highest BCUT2D eigenvalue weighted by molar-refractivity contribution is 6.78. The molecular weight excluding hydrogens is 316 g/mol. The van der Waals surface area contributed by atoms with E-state index >= 15 is 0 Å². The van der Waals surface area contributed by atoms with Gasteiger partial charge in [-0.15, -0.1) is 0 Å². The second-order valence-corrected chi connectivity index (χ2v) is 17.2. The smallest absolute Gasteiger partial charge is 0.439 e. The Balaban J connectivity index is 5.04. The van der Waals surface area contributed by atoms with Gasteiger partial charge >= 0.3 is 12.2 Å². The first-order valence-electron chi connectivity index (χ1n) is 7.70. The van der Waals surface area contributed by atoms with Gasteiger partial charge in [0.05, 0.1) is 0 Å². The van der Waals surface area contributed by atoms with E-state index in [-0.39, 0.29) is 16.6 Å². The highest BCUT2D eigenvalue weighted by Crippen LogP contribution is 2.42. The van der Waals surface area contributed by atoms with Gasteiger partial charge in [0.1, 0.15) is 0 Å². The largest absolute Gasteiger partial charge is 0.502 e. The Morgan fingerprint density at radius 1 is 0.727 bits per heavy atom. The summed E-state index contributed by atoms with van der Waals surface area (Å²) in [6.45, 7) is 18.0. The lowest BCUT2D eigenvalue weighted by atomic mass is 10.5. The molecule has 0 radical (unpaired) electrons. The maximum absolute atomic E-state index is 12.0. The van der Waals surface area contributed by atoms with Crippen LogP contribution in [0.25, 0.3) is 0 Å². The monoisotopic (exact) mass is 346 g/mol. The fraction of sp³-hybridized carbons (Fsp3) is 0.857. The van der Waals surface area contributed by atoms with Crippen LogP contribution in [0.5, 0.6) is 0 Å². The van der Waals surface area contributed by atoms with E-state index in [4.69, 9.17) is 8.85 Å². The number of rotatable bonds is 5. The van der Waals surface area contributed by atoms with Crippen LogP contribution in [0.15, 0.2) is 10.2 Å². The van der Waals surface area contributed by atoms with Crippen molar-refractivity contribution in [2.75, 3.05) is 0 Å². The molecule has 0 fully saturated rings. The number of carbonyl (C=O) groups excluding carboxylic acids is 2. The maximum Gasteiger partial charge on any atom is 0.439 e. The van der Waals surface area contributed by atoms with Gasteiger partial charge in [0.15, 0.2) is 0 Å². The lowest BCUT2D eigenvalue weighted by Crippen LogP contribution is -2.48. The molecule has 2 amide bonds. The molecule has 0 saturated carbocycles. The van der Waals surface area contributed by atoms with Crippen LogP contribution in [-0.2, 0) is 8.85 Å². The standard InChI is InChI=1S/C14H30N2O4Si2/c1-10(2)22(11(3)4,12(5)6)20-14(18)16-15-13(17)19-21(7,8)9/h10-12H,1-9H3. The highest BCUT2D eigenvalue weighted by atomic mass is 28.4. The number of azo groups is 1. The van der Waals surface area contributed by atoms with Crippen molar-refractivity contribution in [3.8, 4) is 0 Å². The molecule has 0 aromatic heterocycles. The van der Waals surface area contributed by atoms with E-state index in [0.29, 0.717) is 0 Å². The summed E-state index contributed by atoms with van der Waals surface area (Å²) in [6.07, 6.45) is -1.63. The molecule has 0 heterocycles. The molecule has 0 aliphatic carbocycles. The molecule has 0 aromatic carbocycles. The fourth-order valence-electron chi connectivity index (χ4n) is 2.89. The summed E-state index contributed by atoms with van der Waals surface area (Å²) in [4.78, 5) is 23.5. The van der Waals surface area contributed by atoms with E-state index in [1.54, 1.807) is 0 Å². The first-order valence-corrected chi connectivity index (χ1v) is 13.3. The molecule has 0 aliphatic rings. The van der Waals surface area contributed by atoms with Gasteiger partial charge < -0.3 is 8.85 Å². The first-order chi connectivity index (χ1) is 9.82. The zero-order valence-electron chi connectivity index (χ0n) is 15.3. The Morgan fingerprint density at radius 3 is 1.32 bits per heavy atom. The molecule has 0 aromatic rings. The van der Waals surface area contributed by atoms with E-state index in [9.17, 15) is 9.59 Å². The molecule has 6 nitrogen and oxygen atoms in total. The van der Waals surface area contributed by atoms with Crippen LogP contribution >= 0.6 is 0 Å². The average molecular weight is 347 g/mol. The Labute approximate surface area is 135 Å². The predicted molar refractivity (Wildman–Crippen MR) is 92.2 cm³/mol. The van der Waals surface area contributed by atoms with Gasteiger partial charge in [-0.2, -0.15) is 0 Å². The van der Waals surface area contributed by atoms with Gasteiger partial charge in [-0.25, -0.2) is 9.59 Å². The lowest BCUT2D eigenvalue weighted by Gasteiger charge is -2.40. The minimum absolute atomic E-state index is 0.251. The molecule has 0 spiro atoms. The average Bonchev–Trinajstić information content (AvgIpc) is 2.29. The SMILES string of the molecule is CC(C)[Si](OC(=O)N=NC(=O)O[Si](C)(C)C)(C(C)C)C(C)C. The van der Waals surface area contributed by atoms with E-state index in [0.717, 1.165) is 0 Å². The van der Waals surface area contributed by atoms with Gasteiger partial charge in [0.25, 0.3) is 8.32 Å². The number of hydrogen-bond acceptors (Lipinski definition) is 4. The number of nitrogens with zero attached hydrogens (tertiary/aromatic N) is 2. The third-order valence-electron chi connectivity index (χ3n) is 3.58. The second-order valence-electron chi connectivity index (χ2n) is 7.37. The number of hydrogen-bond donors (Lipinski definition) is 0. The second kappa shape index (κ2) is 8.00. The Hall–Kier alpha value is -1.03. The topological polar surface area (TPSA) is 77.3 Å². The van der Waals surface area contributed by atoms with E-state index in [1.165, 1.54) is 0 Å². The van der Waals surface area contributed by atoms with E-state index < -0.39 is 28.8 Å². The molecule has 0 unspecified atom stereocenters. The van der Waals surface area contributed by atoms with Crippen molar-refractivity contribution in [1.29, 1.82) is 0 Å². The van der Waals surface area contributed by atoms with Crippen LogP contribution in [-0.4, -0.2) is 28.8 Å². The molecular formula is C14H30N2O4Si2. The van der Waals surface area contributed by atoms with Crippen LogP contribution in [0.1, 0.15) is 41.5 Å². The summed E-state index contributed by atoms with van der Waals surface area (Å²) >= 11 is 0. The molecule has 0 bridgehead atoms. The van der Waals surface area contributed by atoms with Crippen molar-refractivity contribution < 1.29 is 18.4 Å². The number of amides is 2. The van der Waals surface area contributed by atoms with Gasteiger partial charge in [-0.05, 0) is 36.3 Å². The highest BCUT2D eigenvalue weighted by Gasteiger charge is 2.48. The van der Waals surface area contributed by atoms with Gasteiger partial charge in [-0.3, -0.25) is 0 Å². The van der Waals surface area contributed by atoms with Crippen molar-refractivity contribution in [3.05, 3.63) is 0 Å². The lowest BCUT2D eigenvalue weighted by molar-refractivity contribution is 0.195. The predicted octanol–water partition coefficient (Wildman–Crippen LogP) is 5.72. The first kappa shape index (κ1) is 21.0. The normalized spacial score (nSPS) is 13.3. The van der Waals surface area contributed by atoms with Crippen LogP contribution in [0.2, 0.25) is 36.3 Å². The van der Waals surface area contributed by atoms with Crippen molar-refractivity contribution in [2.24, 2.45) is 10.2 Å². The van der Waals surface area contributed by atoms with Crippen LogP contribution < -0.4 is 0 Å². The molecule has 0 N–H and O–H groups in total. The molecule has 0 atom stereocenters. The summed E-state index contributed by atoms with van der Waals surface area (Å²) in [7, 11) is -4.40. The van der Waals surface area contributed by atoms with Crippen LogP contribution in [0, 0.1) is 0 Å². The Kier molecular flexibility index (Phi) is 7.63. The van der Waals surface area contributed by atoms with Crippen molar-refractivity contribution in [3.63, 3.8) is 0 Å². The molecule has 128 valence electrons. The van der Waals surface area contributed by atoms with Gasteiger partial charge in [-0.1, -0.05) is 51.8 Å². The quantitative estimate of drug-likeness (QED) is 0.471. The number of carbonyl (C=O) groups is 2. The van der Waals surface area contributed by atoms with Crippen molar-refractivity contribution in [1.82, 2.24) is 0 Å². The molecule has 0 saturated heterocycles. The van der Waals surface area contributed by atoms with E-state index in [1.807, 2.05) is 19.6 Å². The zero-order valence-corrected chi connectivity index (χ0v) is 17.3. The third-order valence-corrected chi connectivity index (χ3v) is 10.3. The summed E-state index contributed by atoms with van der Waals surface area (Å²) in [5.41, 5.74) is 0.752. The molecule has 22 heavy (non-hydrogen) atoms. The van der Waals surface area contributed by atoms with Crippen molar-refractivity contribution >= 4 is 28.8 Å². The molecule has 8 heteroatoms. The van der Waals surface area contributed by atoms with Crippen molar-refractivity contribution in [2.45, 2.75) is 77.8 Å². The van der Waals surface area contributed by atoms with E-state index in [2.05, 4.69) is 51.8 Å². The minimum Gasteiger partial charge on any atom is -0.502 e. The summed E-state index contributed by atoms with van der Waals surface area (Å²) in [6, 6.07) is 0. The Morgan fingerprint density at radius 2 is 1.05 bits per heavy atom. The fourth-order valence-corrected chi connectivity index (χ4v) is 8.50. The molecule has 0 aliphatic heterocycles. The minimum atomic E-state index is -2.36. The van der Waals surface area contributed by atoms with Gasteiger partial charge in [0.2, 0.25) is 8.32 Å². The summed E-state index contributed by atoms with van der Waals surface area (Å²) in [5, 5.41) is 6.70. The van der Waals surface area contributed by atoms with Gasteiger partial charge in [0, 0.05) is 0 Å². The molecule has 0 rings (SSSR count). The summed E-state index contributed by atoms with van der Waals surface area (Å²) < 4.78 is 10.8. The maximum atomic E-state index is 12.0. The van der Waals surface area contributed by atoms with Crippen LogP contribution in [0.3, 0.4) is 0 Å².